The van der Waals surface area contributed by atoms with Gasteiger partial charge in [-0.3, -0.25) is 4.79 Å². The van der Waals surface area contributed by atoms with E-state index in [2.05, 4.69) is 15.0 Å². The van der Waals surface area contributed by atoms with E-state index in [4.69, 9.17) is 0 Å². The van der Waals surface area contributed by atoms with E-state index in [0.717, 1.165) is 39.3 Å². The SMILES string of the molecule is C/C=C(F)\C=C/CC.CC.CC(NC(=O)c1cnn2ccc(N3CCCC3)nc12)C(F)(F)F. The molecule has 10 heteroatoms. The number of carbonyl (C=O) groups is 1. The number of hydrogen-bond acceptors (Lipinski definition) is 4. The zero-order chi connectivity index (χ0) is 25.0. The van der Waals surface area contributed by atoms with Crippen LogP contribution in [0.1, 0.15) is 64.2 Å². The molecule has 184 valence electrons. The van der Waals surface area contributed by atoms with Gasteiger partial charge in [-0.25, -0.2) is 13.9 Å². The van der Waals surface area contributed by atoms with Crippen molar-refractivity contribution in [3.63, 3.8) is 0 Å². The van der Waals surface area contributed by atoms with Crippen LogP contribution < -0.4 is 10.2 Å². The van der Waals surface area contributed by atoms with Crippen LogP contribution in [-0.4, -0.2) is 45.8 Å². The molecular weight excluding hydrogens is 438 g/mol. The molecule has 1 amide bonds. The average Bonchev–Trinajstić information content (AvgIpc) is 3.48. The molecule has 3 rings (SSSR count). The fourth-order valence-electron chi connectivity index (χ4n) is 2.82. The highest BCUT2D eigenvalue weighted by Gasteiger charge is 2.37. The first-order valence-corrected chi connectivity index (χ1v) is 11.1. The largest absolute Gasteiger partial charge is 0.408 e. The van der Waals surface area contributed by atoms with Crippen LogP contribution >= 0.6 is 0 Å². The van der Waals surface area contributed by atoms with E-state index in [1.807, 2.05) is 26.1 Å². The Kier molecular flexibility index (Phi) is 11.6. The monoisotopic (exact) mass is 471 g/mol. The first-order chi connectivity index (χ1) is 15.7. The topological polar surface area (TPSA) is 62.5 Å². The Bertz CT molecular complexity index is 931. The summed E-state index contributed by atoms with van der Waals surface area (Å²) in [6.07, 6.45) is 6.12. The van der Waals surface area contributed by atoms with Gasteiger partial charge in [0.05, 0.1) is 6.20 Å². The lowest BCUT2D eigenvalue weighted by molar-refractivity contribution is -0.149. The number of halogens is 4. The summed E-state index contributed by atoms with van der Waals surface area (Å²) >= 11 is 0. The molecule has 1 aliphatic heterocycles. The lowest BCUT2D eigenvalue weighted by Crippen LogP contribution is -2.43. The van der Waals surface area contributed by atoms with Gasteiger partial charge in [0.25, 0.3) is 5.91 Å². The second-order valence-corrected chi connectivity index (χ2v) is 7.03. The van der Waals surface area contributed by atoms with E-state index in [-0.39, 0.29) is 17.0 Å². The second kappa shape index (κ2) is 13.6. The number of allylic oxidation sites excluding steroid dienone is 4. The highest BCUT2D eigenvalue weighted by Crippen LogP contribution is 2.22. The van der Waals surface area contributed by atoms with Gasteiger partial charge in [0, 0.05) is 19.3 Å². The molecule has 1 fully saturated rings. The Morgan fingerprint density at radius 3 is 2.45 bits per heavy atom. The van der Waals surface area contributed by atoms with Crippen LogP contribution in [0.15, 0.2) is 42.5 Å². The van der Waals surface area contributed by atoms with Gasteiger partial charge in [-0.2, -0.15) is 18.3 Å². The third-order valence-electron chi connectivity index (χ3n) is 4.66. The molecule has 0 bridgehead atoms. The van der Waals surface area contributed by atoms with Crippen LogP contribution in [0.2, 0.25) is 0 Å². The summed E-state index contributed by atoms with van der Waals surface area (Å²) in [5.41, 5.74) is 0.281. The molecule has 33 heavy (non-hydrogen) atoms. The number of amides is 1. The van der Waals surface area contributed by atoms with E-state index >= 15 is 0 Å². The zero-order valence-electron chi connectivity index (χ0n) is 19.8. The third-order valence-corrected chi connectivity index (χ3v) is 4.66. The molecule has 3 heterocycles. The molecule has 6 nitrogen and oxygen atoms in total. The minimum absolute atomic E-state index is 0.0298. The fourth-order valence-corrected chi connectivity index (χ4v) is 2.82. The van der Waals surface area contributed by atoms with Gasteiger partial charge in [-0.1, -0.05) is 32.9 Å². The predicted molar refractivity (Wildman–Crippen MR) is 123 cm³/mol. The summed E-state index contributed by atoms with van der Waals surface area (Å²) in [4.78, 5) is 18.6. The van der Waals surface area contributed by atoms with Crippen molar-refractivity contribution < 1.29 is 22.4 Å². The first kappa shape index (κ1) is 28.1. The smallest absolute Gasteiger partial charge is 0.357 e. The van der Waals surface area contributed by atoms with Gasteiger partial charge in [0.2, 0.25) is 0 Å². The van der Waals surface area contributed by atoms with E-state index in [0.29, 0.717) is 5.82 Å². The van der Waals surface area contributed by atoms with E-state index in [1.165, 1.54) is 22.9 Å². The number of rotatable bonds is 5. The van der Waals surface area contributed by atoms with Crippen molar-refractivity contribution in [3.8, 4) is 0 Å². The molecule has 0 radical (unpaired) electrons. The Morgan fingerprint density at radius 1 is 1.27 bits per heavy atom. The Balaban J connectivity index is 0.000000464. The minimum atomic E-state index is -4.49. The Labute approximate surface area is 192 Å². The quantitative estimate of drug-likeness (QED) is 0.438. The molecule has 0 aromatic carbocycles. The van der Waals surface area contributed by atoms with Gasteiger partial charge < -0.3 is 10.2 Å². The van der Waals surface area contributed by atoms with Crippen LogP contribution in [0.3, 0.4) is 0 Å². The van der Waals surface area contributed by atoms with Crippen molar-refractivity contribution in [3.05, 3.63) is 48.1 Å². The number of nitrogens with zero attached hydrogens (tertiary/aromatic N) is 4. The van der Waals surface area contributed by atoms with Gasteiger partial charge in [0.15, 0.2) is 5.65 Å². The summed E-state index contributed by atoms with van der Waals surface area (Å²) in [6.45, 7) is 10.3. The fraction of sp³-hybridized carbons (Fsp3) is 0.522. The summed E-state index contributed by atoms with van der Waals surface area (Å²) in [6, 6.07) is -0.155. The number of carbonyl (C=O) groups excluding carboxylic acids is 1. The highest BCUT2D eigenvalue weighted by molar-refractivity contribution is 5.99. The number of nitrogens with one attached hydrogen (secondary N) is 1. The van der Waals surface area contributed by atoms with Gasteiger partial charge in [-0.05, 0) is 45.3 Å². The maximum atomic E-state index is 12.6. The molecule has 1 atom stereocenters. The second-order valence-electron chi connectivity index (χ2n) is 7.03. The Hall–Kier alpha value is -2.91. The van der Waals surface area contributed by atoms with Crippen molar-refractivity contribution in [1.29, 1.82) is 0 Å². The summed E-state index contributed by atoms with van der Waals surface area (Å²) in [5.74, 6) is -0.295. The molecule has 1 aliphatic rings. The zero-order valence-corrected chi connectivity index (χ0v) is 19.8. The Morgan fingerprint density at radius 2 is 1.91 bits per heavy atom. The molecule has 2 aromatic rings. The highest BCUT2D eigenvalue weighted by atomic mass is 19.4. The summed E-state index contributed by atoms with van der Waals surface area (Å²) in [5, 5.41) is 5.90. The van der Waals surface area contributed by atoms with Gasteiger partial charge >= 0.3 is 6.18 Å². The molecule has 0 saturated carbocycles. The van der Waals surface area contributed by atoms with Gasteiger partial charge in [0.1, 0.15) is 23.3 Å². The van der Waals surface area contributed by atoms with Crippen molar-refractivity contribution >= 4 is 17.4 Å². The molecule has 1 saturated heterocycles. The molecule has 1 N–H and O–H groups in total. The third kappa shape index (κ3) is 8.51. The van der Waals surface area contributed by atoms with Crippen LogP contribution in [0.25, 0.3) is 5.65 Å². The summed E-state index contributed by atoms with van der Waals surface area (Å²) in [7, 11) is 0. The lowest BCUT2D eigenvalue weighted by Gasteiger charge is -2.17. The first-order valence-electron chi connectivity index (χ1n) is 11.1. The van der Waals surface area contributed by atoms with Crippen LogP contribution in [-0.2, 0) is 0 Å². The van der Waals surface area contributed by atoms with E-state index in [9.17, 15) is 22.4 Å². The number of hydrogen-bond donors (Lipinski definition) is 1. The van der Waals surface area contributed by atoms with Crippen molar-refractivity contribution in [2.24, 2.45) is 0 Å². The van der Waals surface area contributed by atoms with E-state index < -0.39 is 18.1 Å². The number of anilines is 1. The molecule has 1 unspecified atom stereocenters. The number of aromatic nitrogens is 3. The lowest BCUT2D eigenvalue weighted by atomic mass is 10.2. The molecule has 2 aromatic heterocycles. The average molecular weight is 472 g/mol. The van der Waals surface area contributed by atoms with Crippen molar-refractivity contribution in [2.75, 3.05) is 18.0 Å². The maximum Gasteiger partial charge on any atom is 0.408 e. The molecular formula is C23H33F4N5O. The van der Waals surface area contributed by atoms with Crippen LogP contribution in [0, 0.1) is 0 Å². The summed E-state index contributed by atoms with van der Waals surface area (Å²) < 4.78 is 51.2. The minimum Gasteiger partial charge on any atom is -0.357 e. The predicted octanol–water partition coefficient (Wildman–Crippen LogP) is 5.86. The van der Waals surface area contributed by atoms with Crippen molar-refractivity contribution in [1.82, 2.24) is 19.9 Å². The number of fused-ring (bicyclic) bond motifs is 1. The molecule has 0 aliphatic carbocycles. The van der Waals surface area contributed by atoms with Gasteiger partial charge in [-0.15, -0.1) is 0 Å². The maximum absolute atomic E-state index is 12.6. The standard InChI is InChI=1S/C14H16F3N5O.C7H11F.C2H6/c1-9(14(15,16)17)19-13(23)10-8-18-22-7-4-11(20-12(10)22)21-5-2-3-6-21;1-3-5-6-7(8)4-2;1-2/h4,7-9H,2-3,5-6H2,1H3,(H,19,23);4-6H,3H2,1-2H3;1-2H3/b;6-5-,7-4+;. The van der Waals surface area contributed by atoms with Crippen LogP contribution in [0.5, 0.6) is 0 Å². The number of alkyl halides is 3. The van der Waals surface area contributed by atoms with Crippen LogP contribution in [0.4, 0.5) is 23.4 Å². The van der Waals surface area contributed by atoms with E-state index in [1.54, 1.807) is 25.3 Å². The van der Waals surface area contributed by atoms with Crippen molar-refractivity contribution in [2.45, 2.75) is 66.1 Å². The molecule has 0 spiro atoms. The normalized spacial score (nSPS) is 15.1.